The van der Waals surface area contributed by atoms with Gasteiger partial charge < -0.3 is 10.1 Å². The Morgan fingerprint density at radius 1 is 1.20 bits per heavy atom. The number of nitrogens with one attached hydrogen (secondary N) is 1. The number of hydrogen-bond donors (Lipinski definition) is 1. The van der Waals surface area contributed by atoms with Crippen molar-refractivity contribution in [3.63, 3.8) is 0 Å². The Morgan fingerprint density at radius 3 is 2.65 bits per heavy atom. The van der Waals surface area contributed by atoms with Crippen LogP contribution in [-0.2, 0) is 0 Å². The molecular formula is C15H13Cl2NO2. The van der Waals surface area contributed by atoms with Gasteiger partial charge in [0.15, 0.2) is 0 Å². The summed E-state index contributed by atoms with van der Waals surface area (Å²) in [6.45, 7) is 1.93. The number of amides is 1. The van der Waals surface area contributed by atoms with Crippen LogP contribution in [0.5, 0.6) is 5.75 Å². The molecule has 0 unspecified atom stereocenters. The normalized spacial score (nSPS) is 10.2. The number of aryl methyl sites for hydroxylation is 1. The molecule has 0 radical (unpaired) electrons. The fraction of sp³-hybridized carbons (Fsp3) is 0.133. The van der Waals surface area contributed by atoms with Gasteiger partial charge in [0.25, 0.3) is 5.91 Å². The van der Waals surface area contributed by atoms with E-state index in [9.17, 15) is 4.79 Å². The fourth-order valence-electron chi connectivity index (χ4n) is 1.79. The highest BCUT2D eigenvalue weighted by atomic mass is 35.5. The standard InChI is InChI=1S/C15H13Cl2NO2/c1-9-6-7-13(20-2)12(8-9)18-15(19)10-4-3-5-11(16)14(10)17/h3-8H,1-2H3,(H,18,19). The van der Waals surface area contributed by atoms with E-state index >= 15 is 0 Å². The number of halogens is 2. The van der Waals surface area contributed by atoms with Gasteiger partial charge in [0.05, 0.1) is 28.4 Å². The number of ether oxygens (including phenoxy) is 1. The Labute approximate surface area is 127 Å². The lowest BCUT2D eigenvalue weighted by Gasteiger charge is -2.12. The zero-order valence-electron chi connectivity index (χ0n) is 11.0. The number of rotatable bonds is 3. The van der Waals surface area contributed by atoms with E-state index in [4.69, 9.17) is 27.9 Å². The van der Waals surface area contributed by atoms with Crippen LogP contribution in [0.15, 0.2) is 36.4 Å². The first kappa shape index (κ1) is 14.7. The molecule has 0 saturated heterocycles. The molecule has 2 aromatic carbocycles. The number of benzene rings is 2. The smallest absolute Gasteiger partial charge is 0.257 e. The van der Waals surface area contributed by atoms with Crippen LogP contribution in [0, 0.1) is 6.92 Å². The van der Waals surface area contributed by atoms with E-state index in [1.807, 2.05) is 19.1 Å². The van der Waals surface area contributed by atoms with E-state index < -0.39 is 0 Å². The summed E-state index contributed by atoms with van der Waals surface area (Å²) in [6, 6.07) is 10.5. The second kappa shape index (κ2) is 6.16. The molecule has 5 heteroatoms. The quantitative estimate of drug-likeness (QED) is 0.902. The van der Waals surface area contributed by atoms with Crippen LogP contribution in [0.25, 0.3) is 0 Å². The molecule has 104 valence electrons. The predicted octanol–water partition coefficient (Wildman–Crippen LogP) is 4.56. The summed E-state index contributed by atoms with van der Waals surface area (Å²) < 4.78 is 5.22. The third kappa shape index (κ3) is 3.06. The summed E-state index contributed by atoms with van der Waals surface area (Å²) in [7, 11) is 1.55. The topological polar surface area (TPSA) is 38.3 Å². The molecular weight excluding hydrogens is 297 g/mol. The van der Waals surface area contributed by atoms with Gasteiger partial charge in [-0.05, 0) is 36.8 Å². The average Bonchev–Trinajstić information content (AvgIpc) is 2.42. The maximum atomic E-state index is 12.3. The summed E-state index contributed by atoms with van der Waals surface area (Å²) in [6.07, 6.45) is 0. The number of carbonyl (C=O) groups excluding carboxylic acids is 1. The van der Waals surface area contributed by atoms with Crippen molar-refractivity contribution in [3.8, 4) is 5.75 Å². The van der Waals surface area contributed by atoms with Crippen molar-refractivity contribution in [1.29, 1.82) is 0 Å². The van der Waals surface area contributed by atoms with Crippen LogP contribution in [-0.4, -0.2) is 13.0 Å². The van der Waals surface area contributed by atoms with Crippen molar-refractivity contribution < 1.29 is 9.53 Å². The third-order valence-corrected chi connectivity index (χ3v) is 3.62. The molecule has 2 aromatic rings. The van der Waals surface area contributed by atoms with Gasteiger partial charge in [0, 0.05) is 0 Å². The molecule has 0 saturated carbocycles. The van der Waals surface area contributed by atoms with E-state index in [-0.39, 0.29) is 10.9 Å². The number of carbonyl (C=O) groups is 1. The molecule has 0 fully saturated rings. The minimum Gasteiger partial charge on any atom is -0.495 e. The minimum absolute atomic E-state index is 0.235. The molecule has 0 heterocycles. The number of hydrogen-bond acceptors (Lipinski definition) is 2. The van der Waals surface area contributed by atoms with Crippen molar-refractivity contribution in [2.24, 2.45) is 0 Å². The predicted molar refractivity (Wildman–Crippen MR) is 82.1 cm³/mol. The number of methoxy groups -OCH3 is 1. The Kier molecular flexibility index (Phi) is 4.53. The average molecular weight is 310 g/mol. The zero-order valence-corrected chi connectivity index (χ0v) is 12.5. The van der Waals surface area contributed by atoms with Crippen molar-refractivity contribution in [2.45, 2.75) is 6.92 Å². The van der Waals surface area contributed by atoms with E-state index in [2.05, 4.69) is 5.32 Å². The summed E-state index contributed by atoms with van der Waals surface area (Å²) in [5.41, 5.74) is 1.93. The zero-order chi connectivity index (χ0) is 14.7. The second-order valence-corrected chi connectivity index (χ2v) is 5.04. The SMILES string of the molecule is COc1ccc(C)cc1NC(=O)c1cccc(Cl)c1Cl. The molecule has 0 atom stereocenters. The Balaban J connectivity index is 2.32. The molecule has 20 heavy (non-hydrogen) atoms. The molecule has 0 aromatic heterocycles. The van der Waals surface area contributed by atoms with Gasteiger partial charge in [-0.3, -0.25) is 4.79 Å². The Hall–Kier alpha value is -1.71. The van der Waals surface area contributed by atoms with E-state index in [0.29, 0.717) is 22.0 Å². The maximum absolute atomic E-state index is 12.3. The molecule has 3 nitrogen and oxygen atoms in total. The van der Waals surface area contributed by atoms with Gasteiger partial charge >= 0.3 is 0 Å². The second-order valence-electron chi connectivity index (χ2n) is 4.26. The van der Waals surface area contributed by atoms with Gasteiger partial charge in [-0.25, -0.2) is 0 Å². The van der Waals surface area contributed by atoms with Crippen LogP contribution in [0.2, 0.25) is 10.0 Å². The monoisotopic (exact) mass is 309 g/mol. The molecule has 1 amide bonds. The van der Waals surface area contributed by atoms with Crippen molar-refractivity contribution >= 4 is 34.8 Å². The molecule has 0 aliphatic heterocycles. The first-order valence-electron chi connectivity index (χ1n) is 5.93. The molecule has 0 bridgehead atoms. The summed E-state index contributed by atoms with van der Waals surface area (Å²) >= 11 is 11.9. The van der Waals surface area contributed by atoms with Gasteiger partial charge in [0.1, 0.15) is 5.75 Å². The largest absolute Gasteiger partial charge is 0.495 e. The molecule has 2 rings (SSSR count). The van der Waals surface area contributed by atoms with Gasteiger partial charge in [-0.2, -0.15) is 0 Å². The summed E-state index contributed by atoms with van der Waals surface area (Å²) in [5.74, 6) is 0.253. The van der Waals surface area contributed by atoms with E-state index in [1.54, 1.807) is 31.4 Å². The first-order chi connectivity index (χ1) is 9.52. The Bertz CT molecular complexity index is 656. The summed E-state index contributed by atoms with van der Waals surface area (Å²) in [4.78, 5) is 12.3. The molecule has 0 spiro atoms. The molecule has 0 aliphatic rings. The highest BCUT2D eigenvalue weighted by molar-refractivity contribution is 6.44. The molecule has 0 aliphatic carbocycles. The minimum atomic E-state index is -0.332. The highest BCUT2D eigenvalue weighted by Crippen LogP contribution is 2.29. The van der Waals surface area contributed by atoms with E-state index in [0.717, 1.165) is 5.56 Å². The first-order valence-corrected chi connectivity index (χ1v) is 6.68. The van der Waals surface area contributed by atoms with Crippen LogP contribution in [0.4, 0.5) is 5.69 Å². The van der Waals surface area contributed by atoms with Crippen molar-refractivity contribution in [1.82, 2.24) is 0 Å². The number of anilines is 1. The van der Waals surface area contributed by atoms with Gasteiger partial charge in [-0.15, -0.1) is 0 Å². The lowest BCUT2D eigenvalue weighted by atomic mass is 10.1. The van der Waals surface area contributed by atoms with Gasteiger partial charge in [0.2, 0.25) is 0 Å². The van der Waals surface area contributed by atoms with Gasteiger partial charge in [-0.1, -0.05) is 35.3 Å². The van der Waals surface area contributed by atoms with Crippen molar-refractivity contribution in [3.05, 3.63) is 57.6 Å². The van der Waals surface area contributed by atoms with Crippen molar-refractivity contribution in [2.75, 3.05) is 12.4 Å². The molecule has 1 N–H and O–H groups in total. The lowest BCUT2D eigenvalue weighted by Crippen LogP contribution is -2.13. The lowest BCUT2D eigenvalue weighted by molar-refractivity contribution is 0.102. The fourth-order valence-corrected chi connectivity index (χ4v) is 2.17. The van der Waals surface area contributed by atoms with E-state index in [1.165, 1.54) is 0 Å². The van der Waals surface area contributed by atoms with Crippen LogP contribution < -0.4 is 10.1 Å². The highest BCUT2D eigenvalue weighted by Gasteiger charge is 2.14. The Morgan fingerprint density at radius 2 is 1.95 bits per heavy atom. The maximum Gasteiger partial charge on any atom is 0.257 e. The third-order valence-electron chi connectivity index (χ3n) is 2.80. The van der Waals surface area contributed by atoms with Crippen LogP contribution in [0.1, 0.15) is 15.9 Å². The summed E-state index contributed by atoms with van der Waals surface area (Å²) in [5, 5.41) is 3.36. The van der Waals surface area contributed by atoms with Crippen LogP contribution in [0.3, 0.4) is 0 Å². The van der Waals surface area contributed by atoms with Crippen LogP contribution >= 0.6 is 23.2 Å².